The van der Waals surface area contributed by atoms with Gasteiger partial charge in [0, 0.05) is 10.9 Å². The number of fused-ring (bicyclic) bond motifs is 1. The Labute approximate surface area is 166 Å². The molecule has 1 aliphatic carbocycles. The minimum atomic E-state index is -0.285. The summed E-state index contributed by atoms with van der Waals surface area (Å²) >= 11 is 5.81. The molecule has 1 saturated carbocycles. The number of nitrogens with zero attached hydrogens (tertiary/aromatic N) is 4. The zero-order chi connectivity index (χ0) is 18.8. The second-order valence-electron chi connectivity index (χ2n) is 6.43. The van der Waals surface area contributed by atoms with Crippen LogP contribution in [0.25, 0.3) is 21.7 Å². The fourth-order valence-corrected chi connectivity index (χ4v) is 4.27. The Morgan fingerprint density at radius 2 is 2.07 bits per heavy atom. The Kier molecular flexibility index (Phi) is 5.24. The molecule has 0 radical (unpaired) electrons. The van der Waals surface area contributed by atoms with E-state index in [-0.39, 0.29) is 18.7 Å². The monoisotopic (exact) mass is 401 g/mol. The molecule has 0 aliphatic heterocycles. The van der Waals surface area contributed by atoms with Gasteiger partial charge in [-0.25, -0.2) is 14.8 Å². The number of thiophene rings is 1. The van der Waals surface area contributed by atoms with Crippen molar-refractivity contribution in [3.63, 3.8) is 0 Å². The highest BCUT2D eigenvalue weighted by Gasteiger charge is 2.24. The van der Waals surface area contributed by atoms with E-state index in [1.165, 1.54) is 15.6 Å². The average Bonchev–Trinajstić information content (AvgIpc) is 3.38. The first kappa shape index (κ1) is 18.1. The molecule has 1 fully saturated rings. The molecule has 9 heteroatoms. The first-order valence-corrected chi connectivity index (χ1v) is 9.98. The molecule has 3 heterocycles. The standard InChI is InChI=1S/C18H19N5O2S2/c24-10-12-5-7-15(27-12)14-9-19-13-6-8-16(21-17(13)20-14)22-18(25)23(26)11-3-1-2-4-11/h5-9,11,24,26H,1-4,10H2,(H,20,21,22,25). The van der Waals surface area contributed by atoms with Crippen LogP contribution in [0.2, 0.25) is 0 Å². The van der Waals surface area contributed by atoms with E-state index in [1.807, 2.05) is 12.1 Å². The summed E-state index contributed by atoms with van der Waals surface area (Å²) in [5.74, 6) is 0.415. The van der Waals surface area contributed by atoms with Crippen LogP contribution in [0.15, 0.2) is 30.5 Å². The molecule has 140 valence electrons. The second kappa shape index (κ2) is 7.79. The largest absolute Gasteiger partial charge is 0.391 e. The van der Waals surface area contributed by atoms with Gasteiger partial charge in [-0.15, -0.1) is 11.3 Å². The summed E-state index contributed by atoms with van der Waals surface area (Å²) < 4.78 is 1.46. The van der Waals surface area contributed by atoms with Gasteiger partial charge in [0.2, 0.25) is 0 Å². The van der Waals surface area contributed by atoms with Gasteiger partial charge in [-0.2, -0.15) is 0 Å². The molecule has 2 N–H and O–H groups in total. The molecular formula is C18H19N5O2S2. The van der Waals surface area contributed by atoms with E-state index < -0.39 is 0 Å². The lowest BCUT2D eigenvalue weighted by molar-refractivity contribution is 0.230. The van der Waals surface area contributed by atoms with Gasteiger partial charge in [-0.05, 0) is 37.1 Å². The maximum atomic E-state index is 12.4. The van der Waals surface area contributed by atoms with E-state index in [2.05, 4.69) is 33.1 Å². The van der Waals surface area contributed by atoms with Crippen LogP contribution in [0.5, 0.6) is 0 Å². The highest BCUT2D eigenvalue weighted by molar-refractivity contribution is 7.78. The Bertz CT molecular complexity index is 971. The van der Waals surface area contributed by atoms with Gasteiger partial charge in [-0.1, -0.05) is 25.7 Å². The Morgan fingerprint density at radius 1 is 1.26 bits per heavy atom. The van der Waals surface area contributed by atoms with Gasteiger partial charge in [0.05, 0.1) is 17.7 Å². The lowest BCUT2D eigenvalue weighted by Crippen LogP contribution is -2.34. The number of urea groups is 1. The summed E-state index contributed by atoms with van der Waals surface area (Å²) in [5, 5.41) is 12.0. The molecule has 7 nitrogen and oxygen atoms in total. The molecule has 0 aromatic carbocycles. The fourth-order valence-electron chi connectivity index (χ4n) is 3.17. The molecular weight excluding hydrogens is 382 g/mol. The summed E-state index contributed by atoms with van der Waals surface area (Å²) in [4.78, 5) is 27.5. The molecule has 0 spiro atoms. The number of rotatable bonds is 4. The van der Waals surface area contributed by atoms with Gasteiger partial charge in [-0.3, -0.25) is 14.6 Å². The number of aliphatic hydroxyl groups excluding tert-OH is 1. The zero-order valence-corrected chi connectivity index (χ0v) is 16.2. The lowest BCUT2D eigenvalue weighted by Gasteiger charge is -2.22. The number of hydrogen-bond acceptors (Lipinski definition) is 7. The van der Waals surface area contributed by atoms with Crippen molar-refractivity contribution in [1.29, 1.82) is 0 Å². The number of aromatic nitrogens is 3. The predicted molar refractivity (Wildman–Crippen MR) is 109 cm³/mol. The number of carbonyl (C=O) groups excluding carboxylic acids is 1. The maximum absolute atomic E-state index is 12.4. The van der Waals surface area contributed by atoms with Crippen molar-refractivity contribution < 1.29 is 9.90 Å². The van der Waals surface area contributed by atoms with Crippen LogP contribution in [0.1, 0.15) is 30.6 Å². The van der Waals surface area contributed by atoms with Crippen molar-refractivity contribution in [2.75, 3.05) is 5.32 Å². The Hall–Kier alpha value is -2.23. The van der Waals surface area contributed by atoms with Crippen LogP contribution in [-0.2, 0) is 6.61 Å². The van der Waals surface area contributed by atoms with Gasteiger partial charge in [0.25, 0.3) is 0 Å². The number of anilines is 1. The Morgan fingerprint density at radius 3 is 2.81 bits per heavy atom. The van der Waals surface area contributed by atoms with Gasteiger partial charge < -0.3 is 5.11 Å². The van der Waals surface area contributed by atoms with Gasteiger partial charge in [0.15, 0.2) is 5.65 Å². The summed E-state index contributed by atoms with van der Waals surface area (Å²) in [5.41, 5.74) is 1.79. The van der Waals surface area contributed by atoms with Gasteiger partial charge in [0.1, 0.15) is 17.0 Å². The van der Waals surface area contributed by atoms with E-state index >= 15 is 0 Å². The van der Waals surface area contributed by atoms with Crippen molar-refractivity contribution in [1.82, 2.24) is 19.3 Å². The number of amides is 2. The average molecular weight is 402 g/mol. The highest BCUT2D eigenvalue weighted by Crippen LogP contribution is 2.28. The third kappa shape index (κ3) is 3.90. The predicted octanol–water partition coefficient (Wildman–Crippen LogP) is 3.87. The molecule has 4 rings (SSSR count). The summed E-state index contributed by atoms with van der Waals surface area (Å²) in [7, 11) is 0. The quantitative estimate of drug-likeness (QED) is 0.577. The molecule has 0 saturated heterocycles. The SMILES string of the molecule is O=C(Nc1ccc2ncc(-c3ccc(CO)s3)nc2n1)N(S)C1CCCC1. The van der Waals surface area contributed by atoms with Crippen molar-refractivity contribution >= 4 is 47.2 Å². The van der Waals surface area contributed by atoms with Gasteiger partial charge >= 0.3 is 6.03 Å². The minimum Gasteiger partial charge on any atom is -0.391 e. The molecule has 0 bridgehead atoms. The summed E-state index contributed by atoms with van der Waals surface area (Å²) in [6, 6.07) is 7.13. The van der Waals surface area contributed by atoms with E-state index in [0.717, 1.165) is 35.4 Å². The molecule has 1 aliphatic rings. The topological polar surface area (TPSA) is 91.2 Å². The van der Waals surface area contributed by atoms with Crippen molar-refractivity contribution in [2.45, 2.75) is 38.3 Å². The van der Waals surface area contributed by atoms with E-state index in [4.69, 9.17) is 0 Å². The smallest absolute Gasteiger partial charge is 0.333 e. The first-order chi connectivity index (χ1) is 13.1. The van der Waals surface area contributed by atoms with E-state index in [1.54, 1.807) is 18.3 Å². The number of pyridine rings is 1. The maximum Gasteiger partial charge on any atom is 0.333 e. The number of nitrogens with one attached hydrogen (secondary N) is 1. The van der Waals surface area contributed by atoms with Crippen molar-refractivity contribution in [2.24, 2.45) is 0 Å². The lowest BCUT2D eigenvalue weighted by atomic mass is 10.2. The first-order valence-electron chi connectivity index (χ1n) is 8.77. The number of hydrogen-bond donors (Lipinski definition) is 3. The molecule has 27 heavy (non-hydrogen) atoms. The molecule has 0 atom stereocenters. The van der Waals surface area contributed by atoms with Crippen LogP contribution in [-0.4, -0.2) is 36.4 Å². The normalized spacial score (nSPS) is 14.6. The number of thiol groups is 1. The third-order valence-electron chi connectivity index (χ3n) is 4.59. The molecule has 3 aromatic rings. The number of carbonyl (C=O) groups is 1. The van der Waals surface area contributed by atoms with Crippen molar-refractivity contribution in [3.05, 3.63) is 35.3 Å². The molecule has 2 amide bonds. The van der Waals surface area contributed by atoms with Crippen molar-refractivity contribution in [3.8, 4) is 10.6 Å². The van der Waals surface area contributed by atoms with Crippen LogP contribution >= 0.6 is 24.2 Å². The van der Waals surface area contributed by atoms with Crippen LogP contribution in [0.3, 0.4) is 0 Å². The summed E-state index contributed by atoms with van der Waals surface area (Å²) in [6.07, 6.45) is 5.90. The Balaban J connectivity index is 1.56. The van der Waals surface area contributed by atoms with Crippen LogP contribution < -0.4 is 5.32 Å². The van der Waals surface area contributed by atoms with E-state index in [0.29, 0.717) is 22.7 Å². The second-order valence-corrected chi connectivity index (χ2v) is 8.03. The van der Waals surface area contributed by atoms with Crippen LogP contribution in [0.4, 0.5) is 10.6 Å². The highest BCUT2D eigenvalue weighted by atomic mass is 32.1. The fraction of sp³-hybridized carbons (Fsp3) is 0.333. The summed E-state index contributed by atoms with van der Waals surface area (Å²) in [6.45, 7) is 0.00132. The van der Waals surface area contributed by atoms with Crippen LogP contribution in [0, 0.1) is 0 Å². The molecule has 0 unspecified atom stereocenters. The minimum absolute atomic E-state index is 0.00132. The molecule has 3 aromatic heterocycles. The zero-order valence-electron chi connectivity index (χ0n) is 14.5. The third-order valence-corrected chi connectivity index (χ3v) is 6.19. The van der Waals surface area contributed by atoms with E-state index in [9.17, 15) is 9.90 Å². The number of aliphatic hydroxyl groups is 1.